The van der Waals surface area contributed by atoms with Crippen LogP contribution in [0.2, 0.25) is 0 Å². The highest BCUT2D eigenvalue weighted by atomic mass is 15.4. The minimum absolute atomic E-state index is 0.202. The molecule has 1 saturated heterocycles. The first-order chi connectivity index (χ1) is 13.1. The molecule has 3 unspecified atom stereocenters. The molecule has 1 aromatic carbocycles. The zero-order valence-corrected chi connectivity index (χ0v) is 16.0. The molecule has 3 atom stereocenters. The van der Waals surface area contributed by atoms with Crippen LogP contribution in [0, 0.1) is 18.8 Å². The van der Waals surface area contributed by atoms with Gasteiger partial charge in [0.15, 0.2) is 0 Å². The molecule has 4 N–H and O–H groups in total. The summed E-state index contributed by atoms with van der Waals surface area (Å²) in [4.78, 5) is 9.26. The maximum atomic E-state index is 5.92. The largest absolute Gasteiger partial charge is 0.369 e. The maximum absolute atomic E-state index is 5.92. The summed E-state index contributed by atoms with van der Waals surface area (Å²) >= 11 is 0. The van der Waals surface area contributed by atoms with Gasteiger partial charge in [-0.15, -0.1) is 5.10 Å². The Morgan fingerprint density at radius 3 is 2.44 bits per heavy atom. The lowest BCUT2D eigenvalue weighted by molar-refractivity contribution is 0.135. The SMILES string of the molecule is Cc1cc(N2CCN(C3CC4CCC3C4)CC2)ccc1-n1nc(N)nc1N. The summed E-state index contributed by atoms with van der Waals surface area (Å²) in [5.41, 5.74) is 14.9. The molecule has 0 radical (unpaired) electrons. The van der Waals surface area contributed by atoms with Gasteiger partial charge in [0.25, 0.3) is 0 Å². The Balaban J connectivity index is 1.27. The summed E-state index contributed by atoms with van der Waals surface area (Å²) in [6, 6.07) is 7.31. The van der Waals surface area contributed by atoms with Crippen LogP contribution >= 0.6 is 0 Å². The Morgan fingerprint density at radius 2 is 1.85 bits per heavy atom. The maximum Gasteiger partial charge on any atom is 0.241 e. The first kappa shape index (κ1) is 16.9. The Hall–Kier alpha value is -2.28. The van der Waals surface area contributed by atoms with Crippen molar-refractivity contribution in [3.63, 3.8) is 0 Å². The fourth-order valence-electron chi connectivity index (χ4n) is 5.56. The van der Waals surface area contributed by atoms with Gasteiger partial charge in [-0.25, -0.2) is 0 Å². The number of anilines is 3. The standard InChI is InChI=1S/C20H29N7/c1-13-10-16(4-5-17(13)27-20(22)23-19(21)24-27)25-6-8-26(9-7-25)18-12-14-2-3-15(18)11-14/h4-5,10,14-15,18H,2-3,6-9,11-12H2,1H3,(H4,21,22,23,24). The van der Waals surface area contributed by atoms with Crippen LogP contribution in [0.4, 0.5) is 17.6 Å². The van der Waals surface area contributed by atoms with E-state index in [0.717, 1.165) is 42.2 Å². The van der Waals surface area contributed by atoms with E-state index in [0.29, 0.717) is 5.95 Å². The Labute approximate surface area is 160 Å². The number of aryl methyl sites for hydroxylation is 1. The van der Waals surface area contributed by atoms with Gasteiger partial charge in [-0.2, -0.15) is 9.67 Å². The number of fused-ring (bicyclic) bond motifs is 2. The fourth-order valence-corrected chi connectivity index (χ4v) is 5.56. The molecule has 0 amide bonds. The van der Waals surface area contributed by atoms with Crippen LogP contribution in [0.1, 0.15) is 31.2 Å². The van der Waals surface area contributed by atoms with Crippen LogP contribution in [0.5, 0.6) is 0 Å². The Bertz CT molecular complexity index is 837. The highest BCUT2D eigenvalue weighted by Gasteiger charge is 2.42. The second kappa shape index (κ2) is 6.41. The van der Waals surface area contributed by atoms with Gasteiger partial charge < -0.3 is 16.4 Å². The topological polar surface area (TPSA) is 89.2 Å². The third-order valence-corrected chi connectivity index (χ3v) is 6.91. The van der Waals surface area contributed by atoms with E-state index in [9.17, 15) is 0 Å². The van der Waals surface area contributed by atoms with Gasteiger partial charge in [0, 0.05) is 37.9 Å². The molecule has 7 nitrogen and oxygen atoms in total. The van der Waals surface area contributed by atoms with Crippen LogP contribution in [0.25, 0.3) is 5.69 Å². The summed E-state index contributed by atoms with van der Waals surface area (Å²) in [6.07, 6.45) is 5.88. The molecule has 2 saturated carbocycles. The zero-order valence-electron chi connectivity index (χ0n) is 16.0. The van der Waals surface area contributed by atoms with Gasteiger partial charge in [0.1, 0.15) is 0 Å². The van der Waals surface area contributed by atoms with Crippen molar-refractivity contribution < 1.29 is 0 Å². The van der Waals surface area contributed by atoms with E-state index in [2.05, 4.69) is 45.0 Å². The number of nitrogen functional groups attached to an aromatic ring is 2. The molecule has 2 bridgehead atoms. The van der Waals surface area contributed by atoms with Crippen molar-refractivity contribution in [1.29, 1.82) is 0 Å². The van der Waals surface area contributed by atoms with Crippen molar-refractivity contribution in [2.45, 2.75) is 38.6 Å². The van der Waals surface area contributed by atoms with Crippen molar-refractivity contribution in [2.24, 2.45) is 11.8 Å². The number of aromatic nitrogens is 3. The summed E-state index contributed by atoms with van der Waals surface area (Å²) in [7, 11) is 0. The second-order valence-corrected chi connectivity index (χ2v) is 8.48. The number of nitrogens with two attached hydrogens (primary N) is 2. The lowest BCUT2D eigenvalue weighted by Crippen LogP contribution is -2.51. The van der Waals surface area contributed by atoms with Crippen molar-refractivity contribution in [3.05, 3.63) is 23.8 Å². The van der Waals surface area contributed by atoms with Crippen molar-refractivity contribution in [2.75, 3.05) is 42.5 Å². The molecular weight excluding hydrogens is 338 g/mol. The average molecular weight is 368 g/mol. The molecule has 1 aromatic heterocycles. The van der Waals surface area contributed by atoms with Crippen LogP contribution < -0.4 is 16.4 Å². The molecule has 0 spiro atoms. The minimum atomic E-state index is 0.202. The second-order valence-electron chi connectivity index (χ2n) is 8.48. The highest BCUT2D eigenvalue weighted by molar-refractivity contribution is 5.57. The van der Waals surface area contributed by atoms with E-state index in [1.807, 2.05) is 0 Å². The van der Waals surface area contributed by atoms with E-state index in [4.69, 9.17) is 11.5 Å². The number of nitrogens with zero attached hydrogens (tertiary/aromatic N) is 5. The fraction of sp³-hybridized carbons (Fsp3) is 0.600. The minimum Gasteiger partial charge on any atom is -0.369 e. The predicted octanol–water partition coefficient (Wildman–Crippen LogP) is 2.05. The van der Waals surface area contributed by atoms with Crippen molar-refractivity contribution >= 4 is 17.6 Å². The monoisotopic (exact) mass is 367 g/mol. The van der Waals surface area contributed by atoms with Gasteiger partial charge in [-0.3, -0.25) is 4.90 Å². The Morgan fingerprint density at radius 1 is 1.04 bits per heavy atom. The quantitative estimate of drug-likeness (QED) is 0.863. The van der Waals surface area contributed by atoms with Gasteiger partial charge in [-0.1, -0.05) is 6.42 Å². The van der Waals surface area contributed by atoms with Gasteiger partial charge >= 0.3 is 0 Å². The first-order valence-corrected chi connectivity index (χ1v) is 10.2. The molecule has 5 rings (SSSR count). The summed E-state index contributed by atoms with van der Waals surface area (Å²) in [5, 5.41) is 4.19. The van der Waals surface area contributed by atoms with E-state index < -0.39 is 0 Å². The summed E-state index contributed by atoms with van der Waals surface area (Å²) < 4.78 is 1.61. The molecule has 1 aliphatic heterocycles. The number of rotatable bonds is 3. The van der Waals surface area contributed by atoms with Crippen LogP contribution in [0.15, 0.2) is 18.2 Å². The van der Waals surface area contributed by atoms with Crippen molar-refractivity contribution in [1.82, 2.24) is 19.7 Å². The number of hydrogen-bond donors (Lipinski definition) is 2. The molecule has 7 heteroatoms. The van der Waals surface area contributed by atoms with Gasteiger partial charge in [0.2, 0.25) is 11.9 Å². The van der Waals surface area contributed by atoms with E-state index in [1.165, 1.54) is 44.5 Å². The molecule has 2 aromatic rings. The highest BCUT2D eigenvalue weighted by Crippen LogP contribution is 2.46. The third-order valence-electron chi connectivity index (χ3n) is 6.91. The number of piperazine rings is 1. The molecule has 2 heterocycles. The van der Waals surface area contributed by atoms with Gasteiger partial charge in [-0.05, 0) is 61.8 Å². The molecular formula is C20H29N7. The van der Waals surface area contributed by atoms with Gasteiger partial charge in [0.05, 0.1) is 5.69 Å². The van der Waals surface area contributed by atoms with E-state index >= 15 is 0 Å². The van der Waals surface area contributed by atoms with E-state index in [1.54, 1.807) is 4.68 Å². The zero-order chi connectivity index (χ0) is 18.5. The lowest BCUT2D eigenvalue weighted by Gasteiger charge is -2.42. The average Bonchev–Trinajstić information content (AvgIpc) is 3.37. The van der Waals surface area contributed by atoms with Crippen LogP contribution in [-0.2, 0) is 0 Å². The predicted molar refractivity (Wildman–Crippen MR) is 108 cm³/mol. The van der Waals surface area contributed by atoms with Crippen LogP contribution in [0.3, 0.4) is 0 Å². The smallest absolute Gasteiger partial charge is 0.241 e. The summed E-state index contributed by atoms with van der Waals surface area (Å²) in [5.74, 6) is 2.52. The van der Waals surface area contributed by atoms with Crippen molar-refractivity contribution in [3.8, 4) is 5.69 Å². The molecule has 3 aliphatic rings. The van der Waals surface area contributed by atoms with E-state index in [-0.39, 0.29) is 5.95 Å². The molecule has 144 valence electrons. The molecule has 27 heavy (non-hydrogen) atoms. The molecule has 2 aliphatic carbocycles. The lowest BCUT2D eigenvalue weighted by atomic mass is 9.93. The van der Waals surface area contributed by atoms with Crippen LogP contribution in [-0.4, -0.2) is 51.9 Å². The normalized spacial score (nSPS) is 28.2. The first-order valence-electron chi connectivity index (χ1n) is 10.2. The number of hydrogen-bond acceptors (Lipinski definition) is 6. The molecule has 3 fully saturated rings. The third kappa shape index (κ3) is 2.94. The summed E-state index contributed by atoms with van der Waals surface area (Å²) in [6.45, 7) is 6.65. The Kier molecular flexibility index (Phi) is 4.00. The number of benzene rings is 1.